The summed E-state index contributed by atoms with van der Waals surface area (Å²) in [6, 6.07) is 0. The lowest BCUT2D eigenvalue weighted by Crippen LogP contribution is -2.66. The van der Waals surface area contributed by atoms with E-state index in [1.165, 1.54) is 96.3 Å². The fraction of sp³-hybridized carbons (Fsp3) is 1.00. The van der Waals surface area contributed by atoms with Crippen LogP contribution in [-0.4, -0.2) is 18.9 Å². The van der Waals surface area contributed by atoms with Gasteiger partial charge in [0.1, 0.15) is 5.79 Å². The fourth-order valence-electron chi connectivity index (χ4n) is 3.07. The second-order valence-electron chi connectivity index (χ2n) is 7.47. The zero-order chi connectivity index (χ0) is 17.9. The largest absolute Gasteiger partial charge is 0.326 e. The van der Waals surface area contributed by atoms with Gasteiger partial charge in [0, 0.05) is 6.54 Å². The first-order valence-electron chi connectivity index (χ1n) is 10.6. The van der Waals surface area contributed by atoms with E-state index in [0.717, 1.165) is 13.0 Å². The fourth-order valence-corrected chi connectivity index (χ4v) is 3.07. The lowest BCUT2D eigenvalue weighted by molar-refractivity contribution is 0.351. The SMILES string of the molecule is CCCCCCCCCCCCCCCCCCNC(N)(N)CN. The van der Waals surface area contributed by atoms with E-state index in [1.54, 1.807) is 0 Å². The molecule has 0 aliphatic rings. The van der Waals surface area contributed by atoms with Crippen LogP contribution < -0.4 is 22.5 Å². The van der Waals surface area contributed by atoms with Gasteiger partial charge in [-0.1, -0.05) is 103 Å². The monoisotopic (exact) mass is 342 g/mol. The highest BCUT2D eigenvalue weighted by Crippen LogP contribution is 2.13. The number of nitrogens with one attached hydrogen (secondary N) is 1. The van der Waals surface area contributed by atoms with Gasteiger partial charge in [0.2, 0.25) is 0 Å². The van der Waals surface area contributed by atoms with E-state index >= 15 is 0 Å². The van der Waals surface area contributed by atoms with Crippen molar-refractivity contribution < 1.29 is 0 Å². The number of hydrogen-bond donors (Lipinski definition) is 4. The molecule has 0 aromatic carbocycles. The highest BCUT2D eigenvalue weighted by molar-refractivity contribution is 4.73. The minimum atomic E-state index is -0.893. The molecule has 0 rings (SSSR count). The molecule has 0 atom stereocenters. The van der Waals surface area contributed by atoms with Gasteiger partial charge in [0.05, 0.1) is 0 Å². The second kappa shape index (κ2) is 17.7. The van der Waals surface area contributed by atoms with Crippen LogP contribution in [0.1, 0.15) is 110 Å². The third-order valence-corrected chi connectivity index (χ3v) is 4.82. The maximum absolute atomic E-state index is 5.72. The highest BCUT2D eigenvalue weighted by atomic mass is 15.2. The molecule has 7 N–H and O–H groups in total. The van der Waals surface area contributed by atoms with Crippen LogP contribution in [0.3, 0.4) is 0 Å². The van der Waals surface area contributed by atoms with Crippen molar-refractivity contribution in [1.82, 2.24) is 5.32 Å². The molecule has 0 aliphatic carbocycles. The van der Waals surface area contributed by atoms with Gasteiger partial charge in [-0.25, -0.2) is 0 Å². The van der Waals surface area contributed by atoms with Crippen LogP contribution in [0.25, 0.3) is 0 Å². The molecule has 0 amide bonds. The van der Waals surface area contributed by atoms with Crippen molar-refractivity contribution in [2.45, 2.75) is 115 Å². The molecule has 146 valence electrons. The molecule has 0 aliphatic heterocycles. The Morgan fingerprint density at radius 1 is 0.583 bits per heavy atom. The Hall–Kier alpha value is -0.160. The summed E-state index contributed by atoms with van der Waals surface area (Å²) in [6.45, 7) is 3.42. The van der Waals surface area contributed by atoms with Gasteiger partial charge < -0.3 is 17.2 Å². The Balaban J connectivity index is 3.05. The van der Waals surface area contributed by atoms with E-state index in [1.807, 2.05) is 0 Å². The predicted octanol–water partition coefficient (Wildman–Crippen LogP) is 4.37. The lowest BCUT2D eigenvalue weighted by Gasteiger charge is -2.23. The third-order valence-electron chi connectivity index (χ3n) is 4.82. The maximum Gasteiger partial charge on any atom is 0.131 e. The molecule has 0 spiro atoms. The summed E-state index contributed by atoms with van der Waals surface area (Å²) in [7, 11) is 0. The van der Waals surface area contributed by atoms with Gasteiger partial charge in [-0.15, -0.1) is 0 Å². The lowest BCUT2D eigenvalue weighted by atomic mass is 10.0. The number of unbranched alkanes of at least 4 members (excludes halogenated alkanes) is 15. The summed E-state index contributed by atoms with van der Waals surface area (Å²) >= 11 is 0. The standard InChI is InChI=1S/C20H46N4/c1-2-3-4-5-6-7-8-9-10-11-12-13-14-15-16-17-18-24-20(22,23)19-21/h24H,2-19,21-23H2,1H3. The van der Waals surface area contributed by atoms with Gasteiger partial charge in [-0.05, 0) is 13.0 Å². The van der Waals surface area contributed by atoms with E-state index in [0.29, 0.717) is 0 Å². The number of nitrogens with two attached hydrogens (primary N) is 3. The summed E-state index contributed by atoms with van der Waals surface area (Å²) in [5.74, 6) is -0.893. The van der Waals surface area contributed by atoms with Crippen molar-refractivity contribution in [3.05, 3.63) is 0 Å². The van der Waals surface area contributed by atoms with Gasteiger partial charge in [0.15, 0.2) is 0 Å². The third kappa shape index (κ3) is 18.2. The van der Waals surface area contributed by atoms with Gasteiger partial charge in [-0.2, -0.15) is 0 Å². The van der Waals surface area contributed by atoms with Crippen LogP contribution in [0.2, 0.25) is 0 Å². The molecular weight excluding hydrogens is 296 g/mol. The van der Waals surface area contributed by atoms with Crippen LogP contribution in [0, 0.1) is 0 Å². The number of hydrogen-bond acceptors (Lipinski definition) is 4. The zero-order valence-corrected chi connectivity index (χ0v) is 16.5. The highest BCUT2D eigenvalue weighted by Gasteiger charge is 2.13. The molecule has 24 heavy (non-hydrogen) atoms. The molecule has 0 fully saturated rings. The molecule has 0 aromatic rings. The van der Waals surface area contributed by atoms with Crippen LogP contribution in [0.15, 0.2) is 0 Å². The Morgan fingerprint density at radius 3 is 1.25 bits per heavy atom. The second-order valence-corrected chi connectivity index (χ2v) is 7.47. The summed E-state index contributed by atoms with van der Waals surface area (Å²) in [6.07, 6.45) is 22.2. The molecule has 0 bridgehead atoms. The normalized spacial score (nSPS) is 12.0. The van der Waals surface area contributed by atoms with Crippen LogP contribution in [0.4, 0.5) is 0 Å². The summed E-state index contributed by atoms with van der Waals surface area (Å²) < 4.78 is 0. The van der Waals surface area contributed by atoms with Crippen molar-refractivity contribution in [3.8, 4) is 0 Å². The van der Waals surface area contributed by atoms with Crippen LogP contribution >= 0.6 is 0 Å². The van der Waals surface area contributed by atoms with Crippen molar-refractivity contribution in [2.75, 3.05) is 13.1 Å². The van der Waals surface area contributed by atoms with Gasteiger partial charge in [-0.3, -0.25) is 5.32 Å². The Bertz CT molecular complexity index is 244. The summed E-state index contributed by atoms with van der Waals surface area (Å²) in [4.78, 5) is 0. The quantitative estimate of drug-likeness (QED) is 0.207. The molecule has 0 saturated carbocycles. The molecule has 0 unspecified atom stereocenters. The predicted molar refractivity (Wildman–Crippen MR) is 108 cm³/mol. The van der Waals surface area contributed by atoms with Crippen molar-refractivity contribution in [3.63, 3.8) is 0 Å². The summed E-state index contributed by atoms with van der Waals surface area (Å²) in [5, 5.41) is 3.09. The number of rotatable bonds is 19. The van der Waals surface area contributed by atoms with Crippen LogP contribution in [0.5, 0.6) is 0 Å². The molecule has 0 aromatic heterocycles. The van der Waals surface area contributed by atoms with E-state index in [2.05, 4.69) is 12.2 Å². The first-order chi connectivity index (χ1) is 11.6. The molecule has 4 heteroatoms. The first-order valence-corrected chi connectivity index (χ1v) is 10.6. The Kier molecular flexibility index (Phi) is 17.5. The average Bonchev–Trinajstić information content (AvgIpc) is 2.57. The smallest absolute Gasteiger partial charge is 0.131 e. The van der Waals surface area contributed by atoms with E-state index < -0.39 is 5.79 Å². The minimum absolute atomic E-state index is 0.270. The zero-order valence-electron chi connectivity index (χ0n) is 16.5. The van der Waals surface area contributed by atoms with E-state index in [9.17, 15) is 0 Å². The van der Waals surface area contributed by atoms with Gasteiger partial charge >= 0.3 is 0 Å². The molecule has 0 heterocycles. The summed E-state index contributed by atoms with van der Waals surface area (Å²) in [5.41, 5.74) is 16.9. The molecule has 0 saturated heterocycles. The maximum atomic E-state index is 5.72. The Morgan fingerprint density at radius 2 is 0.917 bits per heavy atom. The minimum Gasteiger partial charge on any atom is -0.326 e. The molecule has 4 nitrogen and oxygen atoms in total. The van der Waals surface area contributed by atoms with Crippen molar-refractivity contribution in [2.24, 2.45) is 17.2 Å². The topological polar surface area (TPSA) is 90.1 Å². The van der Waals surface area contributed by atoms with E-state index in [-0.39, 0.29) is 6.54 Å². The van der Waals surface area contributed by atoms with Crippen molar-refractivity contribution >= 4 is 0 Å². The molecular formula is C20H46N4. The molecule has 0 radical (unpaired) electrons. The Labute approximate surface area is 151 Å². The van der Waals surface area contributed by atoms with Gasteiger partial charge in [0.25, 0.3) is 0 Å². The van der Waals surface area contributed by atoms with E-state index in [4.69, 9.17) is 17.2 Å². The first kappa shape index (κ1) is 23.8. The van der Waals surface area contributed by atoms with Crippen LogP contribution in [-0.2, 0) is 0 Å². The average molecular weight is 343 g/mol. The van der Waals surface area contributed by atoms with Crippen molar-refractivity contribution in [1.29, 1.82) is 0 Å².